The summed E-state index contributed by atoms with van der Waals surface area (Å²) in [5.74, 6) is 1.87. The summed E-state index contributed by atoms with van der Waals surface area (Å²) in [7, 11) is 0. The van der Waals surface area contributed by atoms with Gasteiger partial charge in [-0.15, -0.1) is 0 Å². The second-order valence-corrected chi connectivity index (χ2v) is 5.22. The van der Waals surface area contributed by atoms with Crippen molar-refractivity contribution in [3.63, 3.8) is 0 Å². The van der Waals surface area contributed by atoms with E-state index < -0.39 is 0 Å². The molecule has 0 amide bonds. The molecule has 4 heteroatoms. The first-order valence-electron chi connectivity index (χ1n) is 6.33. The summed E-state index contributed by atoms with van der Waals surface area (Å²) < 4.78 is 5.36. The number of fused-ring (bicyclic) bond motifs is 1. The molecule has 0 fully saturated rings. The van der Waals surface area contributed by atoms with E-state index in [0.29, 0.717) is 17.6 Å². The molecule has 18 heavy (non-hydrogen) atoms. The molecule has 1 aliphatic rings. The summed E-state index contributed by atoms with van der Waals surface area (Å²) in [5.41, 5.74) is 8.69. The molecule has 1 aromatic carbocycles. The Bertz CT molecular complexity index is 562. The highest BCUT2D eigenvalue weighted by Crippen LogP contribution is 2.39. The number of aromatic nitrogens is 2. The SMILES string of the molecule is CC(C)C(N)c1noc(C2Cc3ccccc32)n1. The van der Waals surface area contributed by atoms with Crippen molar-refractivity contribution in [3.8, 4) is 0 Å². The van der Waals surface area contributed by atoms with Gasteiger partial charge >= 0.3 is 0 Å². The van der Waals surface area contributed by atoms with Crippen LogP contribution in [0.4, 0.5) is 0 Å². The molecule has 3 rings (SSSR count). The maximum Gasteiger partial charge on any atom is 0.234 e. The van der Waals surface area contributed by atoms with Gasteiger partial charge < -0.3 is 10.3 Å². The third-order valence-electron chi connectivity index (χ3n) is 3.63. The van der Waals surface area contributed by atoms with E-state index in [1.54, 1.807) is 0 Å². The topological polar surface area (TPSA) is 64.9 Å². The summed E-state index contributed by atoms with van der Waals surface area (Å²) >= 11 is 0. The van der Waals surface area contributed by atoms with Crippen LogP contribution in [0.2, 0.25) is 0 Å². The molecule has 2 unspecified atom stereocenters. The summed E-state index contributed by atoms with van der Waals surface area (Å²) in [6.07, 6.45) is 0.981. The number of nitrogens with two attached hydrogens (primary N) is 1. The minimum atomic E-state index is -0.155. The standard InChI is InChI=1S/C14H17N3O/c1-8(2)12(15)13-16-14(18-17-13)11-7-9-5-3-4-6-10(9)11/h3-6,8,11-12H,7,15H2,1-2H3. The fraction of sp³-hybridized carbons (Fsp3) is 0.429. The molecule has 2 atom stereocenters. The van der Waals surface area contributed by atoms with E-state index in [-0.39, 0.29) is 12.0 Å². The van der Waals surface area contributed by atoms with Crippen LogP contribution in [-0.2, 0) is 6.42 Å². The van der Waals surface area contributed by atoms with Gasteiger partial charge in [0.2, 0.25) is 5.89 Å². The second-order valence-electron chi connectivity index (χ2n) is 5.22. The molecule has 2 N–H and O–H groups in total. The minimum absolute atomic E-state index is 0.155. The highest BCUT2D eigenvalue weighted by atomic mass is 16.5. The Morgan fingerprint density at radius 3 is 2.83 bits per heavy atom. The zero-order chi connectivity index (χ0) is 12.7. The zero-order valence-corrected chi connectivity index (χ0v) is 10.6. The molecule has 0 saturated heterocycles. The average molecular weight is 243 g/mol. The van der Waals surface area contributed by atoms with E-state index >= 15 is 0 Å². The van der Waals surface area contributed by atoms with Crippen molar-refractivity contribution in [2.75, 3.05) is 0 Å². The molecule has 0 bridgehead atoms. The van der Waals surface area contributed by atoms with Gasteiger partial charge in [0.05, 0.1) is 12.0 Å². The van der Waals surface area contributed by atoms with Gasteiger partial charge in [0, 0.05) is 0 Å². The highest BCUT2D eigenvalue weighted by molar-refractivity contribution is 5.43. The highest BCUT2D eigenvalue weighted by Gasteiger charge is 2.32. The lowest BCUT2D eigenvalue weighted by atomic mass is 9.77. The first kappa shape index (κ1) is 11.4. The zero-order valence-electron chi connectivity index (χ0n) is 10.6. The maximum atomic E-state index is 6.02. The first-order valence-corrected chi connectivity index (χ1v) is 6.33. The molecule has 1 heterocycles. The molecule has 1 aromatic heterocycles. The van der Waals surface area contributed by atoms with E-state index in [1.807, 2.05) is 6.07 Å². The third-order valence-corrected chi connectivity index (χ3v) is 3.63. The molecule has 1 aliphatic carbocycles. The monoisotopic (exact) mass is 243 g/mol. The minimum Gasteiger partial charge on any atom is -0.339 e. The van der Waals surface area contributed by atoms with E-state index in [2.05, 4.69) is 42.2 Å². The van der Waals surface area contributed by atoms with Crippen molar-refractivity contribution < 1.29 is 4.52 Å². The molecular formula is C14H17N3O. The number of hydrogen-bond donors (Lipinski definition) is 1. The van der Waals surface area contributed by atoms with Gasteiger partial charge in [0.1, 0.15) is 0 Å². The van der Waals surface area contributed by atoms with Crippen LogP contribution in [-0.4, -0.2) is 10.1 Å². The van der Waals surface area contributed by atoms with Crippen molar-refractivity contribution in [1.82, 2.24) is 10.1 Å². The quantitative estimate of drug-likeness (QED) is 0.899. The van der Waals surface area contributed by atoms with Crippen molar-refractivity contribution in [3.05, 3.63) is 47.1 Å². The molecule has 0 aliphatic heterocycles. The van der Waals surface area contributed by atoms with Crippen molar-refractivity contribution in [2.45, 2.75) is 32.2 Å². The first-order chi connectivity index (χ1) is 8.66. The Labute approximate surface area is 106 Å². The van der Waals surface area contributed by atoms with E-state index in [0.717, 1.165) is 6.42 Å². The van der Waals surface area contributed by atoms with Gasteiger partial charge in [-0.2, -0.15) is 4.98 Å². The largest absolute Gasteiger partial charge is 0.339 e. The molecule has 4 nitrogen and oxygen atoms in total. The number of benzene rings is 1. The number of hydrogen-bond acceptors (Lipinski definition) is 4. The molecule has 2 aromatic rings. The second kappa shape index (κ2) is 4.21. The van der Waals surface area contributed by atoms with Gasteiger partial charge in [-0.05, 0) is 23.5 Å². The maximum absolute atomic E-state index is 6.02. The molecular weight excluding hydrogens is 226 g/mol. The van der Waals surface area contributed by atoms with Gasteiger partial charge in [-0.1, -0.05) is 43.3 Å². The van der Waals surface area contributed by atoms with Crippen LogP contribution in [0.3, 0.4) is 0 Å². The Kier molecular flexibility index (Phi) is 2.67. The van der Waals surface area contributed by atoms with Crippen molar-refractivity contribution in [2.24, 2.45) is 11.7 Å². The third kappa shape index (κ3) is 1.73. The summed E-state index contributed by atoms with van der Waals surface area (Å²) in [6.45, 7) is 4.11. The van der Waals surface area contributed by atoms with Crippen LogP contribution < -0.4 is 5.73 Å². The van der Waals surface area contributed by atoms with Gasteiger partial charge in [0.25, 0.3) is 0 Å². The molecule has 0 radical (unpaired) electrons. The number of nitrogens with zero attached hydrogens (tertiary/aromatic N) is 2. The predicted molar refractivity (Wildman–Crippen MR) is 68.1 cm³/mol. The lowest BCUT2D eigenvalue weighted by Gasteiger charge is -2.26. The molecule has 0 saturated carbocycles. The fourth-order valence-corrected chi connectivity index (χ4v) is 2.30. The van der Waals surface area contributed by atoms with Gasteiger partial charge in [-0.25, -0.2) is 0 Å². The summed E-state index contributed by atoms with van der Waals surface area (Å²) in [5, 5.41) is 4.00. The van der Waals surface area contributed by atoms with Gasteiger partial charge in [-0.3, -0.25) is 0 Å². The van der Waals surface area contributed by atoms with Crippen LogP contribution in [0, 0.1) is 5.92 Å². The fourth-order valence-electron chi connectivity index (χ4n) is 2.30. The Balaban J connectivity index is 1.84. The predicted octanol–water partition coefficient (Wildman–Crippen LogP) is 2.41. The van der Waals surface area contributed by atoms with Crippen molar-refractivity contribution >= 4 is 0 Å². The van der Waals surface area contributed by atoms with E-state index in [9.17, 15) is 0 Å². The lowest BCUT2D eigenvalue weighted by Crippen LogP contribution is -2.20. The molecule has 0 spiro atoms. The van der Waals surface area contributed by atoms with Crippen LogP contribution in [0.5, 0.6) is 0 Å². The van der Waals surface area contributed by atoms with E-state index in [1.165, 1.54) is 11.1 Å². The summed E-state index contributed by atoms with van der Waals surface area (Å²) in [6, 6.07) is 8.21. The normalized spacial score (nSPS) is 19.4. The van der Waals surface area contributed by atoms with Crippen LogP contribution in [0.25, 0.3) is 0 Å². The lowest BCUT2D eigenvalue weighted by molar-refractivity contribution is 0.345. The Hall–Kier alpha value is -1.68. The van der Waals surface area contributed by atoms with Gasteiger partial charge in [0.15, 0.2) is 5.82 Å². The van der Waals surface area contributed by atoms with Crippen LogP contribution >= 0.6 is 0 Å². The average Bonchev–Trinajstić information content (AvgIpc) is 2.79. The number of rotatable bonds is 3. The van der Waals surface area contributed by atoms with Crippen LogP contribution in [0.1, 0.15) is 48.6 Å². The Morgan fingerprint density at radius 2 is 2.11 bits per heavy atom. The molecule has 94 valence electrons. The van der Waals surface area contributed by atoms with E-state index in [4.69, 9.17) is 10.3 Å². The van der Waals surface area contributed by atoms with Crippen molar-refractivity contribution in [1.29, 1.82) is 0 Å². The Morgan fingerprint density at radius 1 is 1.33 bits per heavy atom. The van der Waals surface area contributed by atoms with Crippen LogP contribution in [0.15, 0.2) is 28.8 Å². The smallest absolute Gasteiger partial charge is 0.234 e. The summed E-state index contributed by atoms with van der Waals surface area (Å²) in [4.78, 5) is 4.45.